The van der Waals surface area contributed by atoms with Gasteiger partial charge in [-0.2, -0.15) is 11.8 Å². The summed E-state index contributed by atoms with van der Waals surface area (Å²) in [6.45, 7) is 3.28. The molecule has 2 heterocycles. The van der Waals surface area contributed by atoms with Crippen LogP contribution in [0.2, 0.25) is 10.0 Å². The smallest absolute Gasteiger partial charge is 0.165 e. The normalized spacial score (nSPS) is 11.3. The molecule has 0 unspecified atom stereocenters. The molecule has 0 saturated heterocycles. The number of imidazole rings is 1. The van der Waals surface area contributed by atoms with Crippen LogP contribution in [0, 0.1) is 0 Å². The van der Waals surface area contributed by atoms with Gasteiger partial charge in [0.2, 0.25) is 0 Å². The fraction of sp³-hybridized carbons (Fsp3) is 0.429. The van der Waals surface area contributed by atoms with Gasteiger partial charge in [0.1, 0.15) is 11.5 Å². The van der Waals surface area contributed by atoms with Crippen molar-refractivity contribution in [1.29, 1.82) is 0 Å². The second-order valence-corrected chi connectivity index (χ2v) is 8.53. The number of hydrogen-bond acceptors (Lipinski definition) is 4. The predicted octanol–water partition coefficient (Wildman–Crippen LogP) is 6.18. The van der Waals surface area contributed by atoms with Crippen LogP contribution in [0.15, 0.2) is 30.6 Å². The number of nitrogens with zero attached hydrogens (tertiary/aromatic N) is 4. The number of aromatic nitrogens is 3. The van der Waals surface area contributed by atoms with Gasteiger partial charge in [0.05, 0.1) is 17.4 Å². The number of alkyl halides is 1. The summed E-state index contributed by atoms with van der Waals surface area (Å²) in [7, 11) is 0. The van der Waals surface area contributed by atoms with Crippen molar-refractivity contribution in [3.8, 4) is 11.3 Å². The molecule has 0 amide bonds. The summed E-state index contributed by atoms with van der Waals surface area (Å²) in [4.78, 5) is 11.7. The van der Waals surface area contributed by atoms with Gasteiger partial charge in [0, 0.05) is 36.1 Å². The summed E-state index contributed by atoms with van der Waals surface area (Å²) >= 11 is 14.3. The van der Waals surface area contributed by atoms with Crippen LogP contribution < -0.4 is 4.90 Å². The fourth-order valence-corrected chi connectivity index (χ4v) is 4.34. The van der Waals surface area contributed by atoms with Gasteiger partial charge in [0.25, 0.3) is 0 Å². The molecule has 0 N–H and O–H groups in total. The van der Waals surface area contributed by atoms with Crippen LogP contribution in [0.1, 0.15) is 25.5 Å². The van der Waals surface area contributed by atoms with Crippen LogP contribution in [0.25, 0.3) is 16.9 Å². The number of halogens is 3. The molecular weight excluding hydrogens is 430 g/mol. The van der Waals surface area contributed by atoms with Gasteiger partial charge in [-0.25, -0.2) is 4.98 Å². The van der Waals surface area contributed by atoms with Crippen molar-refractivity contribution in [2.45, 2.75) is 26.2 Å². The minimum Gasteiger partial charge on any atom is -0.356 e. The summed E-state index contributed by atoms with van der Waals surface area (Å²) in [6.07, 6.45) is 8.08. The van der Waals surface area contributed by atoms with E-state index in [1.54, 1.807) is 18.3 Å². The van der Waals surface area contributed by atoms with Crippen molar-refractivity contribution < 1.29 is 4.39 Å². The van der Waals surface area contributed by atoms with Crippen LogP contribution in [-0.4, -0.2) is 46.1 Å². The van der Waals surface area contributed by atoms with Crippen molar-refractivity contribution in [1.82, 2.24) is 14.4 Å². The monoisotopic (exact) mass is 454 g/mol. The number of aryl methyl sites for hydroxylation is 1. The Labute approximate surface area is 185 Å². The lowest BCUT2D eigenvalue weighted by Gasteiger charge is -2.25. The molecule has 3 rings (SSSR count). The van der Waals surface area contributed by atoms with E-state index in [4.69, 9.17) is 28.2 Å². The van der Waals surface area contributed by atoms with E-state index >= 15 is 0 Å². The molecule has 0 aliphatic carbocycles. The van der Waals surface area contributed by atoms with Crippen molar-refractivity contribution in [2.24, 2.45) is 0 Å². The van der Waals surface area contributed by atoms with Crippen molar-refractivity contribution in [3.63, 3.8) is 0 Å². The molecule has 0 aliphatic rings. The van der Waals surface area contributed by atoms with Crippen LogP contribution in [0.5, 0.6) is 0 Å². The number of fused-ring (bicyclic) bond motifs is 1. The van der Waals surface area contributed by atoms with E-state index in [0.29, 0.717) is 28.7 Å². The molecule has 0 aliphatic heterocycles. The summed E-state index contributed by atoms with van der Waals surface area (Å²) in [5.74, 6) is 2.09. The Hall–Kier alpha value is -1.50. The van der Waals surface area contributed by atoms with Gasteiger partial charge in [0.15, 0.2) is 5.65 Å². The zero-order valence-electron chi connectivity index (χ0n) is 16.7. The molecule has 0 fully saturated rings. The van der Waals surface area contributed by atoms with Gasteiger partial charge < -0.3 is 4.90 Å². The molecule has 0 saturated carbocycles. The van der Waals surface area contributed by atoms with Crippen LogP contribution in [0.4, 0.5) is 10.2 Å². The van der Waals surface area contributed by atoms with E-state index in [2.05, 4.69) is 27.5 Å². The van der Waals surface area contributed by atoms with Gasteiger partial charge in [-0.15, -0.1) is 0 Å². The molecule has 4 nitrogen and oxygen atoms in total. The molecule has 0 spiro atoms. The summed E-state index contributed by atoms with van der Waals surface area (Å²) in [5, 5.41) is 1.12. The maximum absolute atomic E-state index is 13.0. The van der Waals surface area contributed by atoms with Gasteiger partial charge >= 0.3 is 0 Å². The third-order valence-electron chi connectivity index (χ3n) is 4.75. The number of anilines is 1. The highest BCUT2D eigenvalue weighted by atomic mass is 35.5. The summed E-state index contributed by atoms with van der Waals surface area (Å²) in [5.41, 5.74) is 3.23. The molecule has 0 radical (unpaired) electrons. The van der Waals surface area contributed by atoms with Crippen molar-refractivity contribution in [2.75, 3.05) is 36.7 Å². The minimum absolute atomic E-state index is 0.329. The van der Waals surface area contributed by atoms with E-state index in [-0.39, 0.29) is 6.67 Å². The average molecular weight is 455 g/mol. The highest BCUT2D eigenvalue weighted by Crippen LogP contribution is 2.34. The highest BCUT2D eigenvalue weighted by molar-refractivity contribution is 7.98. The number of hydrogen-bond donors (Lipinski definition) is 0. The van der Waals surface area contributed by atoms with Gasteiger partial charge in [-0.05, 0) is 49.5 Å². The van der Waals surface area contributed by atoms with Crippen molar-refractivity contribution >= 4 is 46.4 Å². The molecule has 2 aromatic heterocycles. The zero-order chi connectivity index (χ0) is 20.8. The Morgan fingerprint density at radius 2 is 2.00 bits per heavy atom. The van der Waals surface area contributed by atoms with Crippen LogP contribution in [-0.2, 0) is 6.42 Å². The molecule has 3 aromatic rings. The lowest BCUT2D eigenvalue weighted by atomic mass is 10.1. The van der Waals surface area contributed by atoms with E-state index in [1.165, 1.54) is 0 Å². The number of benzene rings is 1. The summed E-state index contributed by atoms with van der Waals surface area (Å²) in [6, 6.07) is 5.38. The Kier molecular flexibility index (Phi) is 8.04. The number of rotatable bonds is 10. The Balaban J connectivity index is 2.12. The maximum Gasteiger partial charge on any atom is 0.165 e. The van der Waals surface area contributed by atoms with Crippen molar-refractivity contribution in [3.05, 3.63) is 46.3 Å². The Morgan fingerprint density at radius 3 is 2.69 bits per heavy atom. The lowest BCUT2D eigenvalue weighted by molar-refractivity contribution is 0.470. The molecule has 0 atom stereocenters. The predicted molar refractivity (Wildman–Crippen MR) is 124 cm³/mol. The summed E-state index contributed by atoms with van der Waals surface area (Å²) < 4.78 is 15.0. The van der Waals surface area contributed by atoms with E-state index < -0.39 is 0 Å². The standard InChI is InChI=1S/C21H25Cl2FN4S/c1-3-18-21(27(10-4-8-24)11-5-13-29-2)28-12-9-25-19(20(28)26-18)16-7-6-15(22)14-17(16)23/h6-7,9,12,14H,3-5,8,10-11,13H2,1-2H3. The van der Waals surface area contributed by atoms with Gasteiger partial charge in [-0.1, -0.05) is 30.1 Å². The second-order valence-electron chi connectivity index (χ2n) is 6.71. The first-order valence-electron chi connectivity index (χ1n) is 9.71. The minimum atomic E-state index is -0.329. The Bertz CT molecular complexity index is 963. The first-order valence-corrected chi connectivity index (χ1v) is 11.9. The third-order valence-corrected chi connectivity index (χ3v) is 5.99. The highest BCUT2D eigenvalue weighted by Gasteiger charge is 2.21. The van der Waals surface area contributed by atoms with E-state index in [1.807, 2.05) is 24.0 Å². The lowest BCUT2D eigenvalue weighted by Crippen LogP contribution is -2.28. The quantitative estimate of drug-likeness (QED) is 0.342. The fourth-order valence-electron chi connectivity index (χ4n) is 3.43. The van der Waals surface area contributed by atoms with Gasteiger partial charge in [-0.3, -0.25) is 13.8 Å². The molecule has 1 aromatic carbocycles. The number of thioether (sulfide) groups is 1. The Morgan fingerprint density at radius 1 is 1.21 bits per heavy atom. The molecule has 29 heavy (non-hydrogen) atoms. The zero-order valence-corrected chi connectivity index (χ0v) is 19.0. The molecule has 0 bridgehead atoms. The molecular formula is C21H25Cl2FN4S. The largest absolute Gasteiger partial charge is 0.356 e. The van der Waals surface area contributed by atoms with E-state index in [0.717, 1.165) is 47.9 Å². The maximum atomic E-state index is 13.0. The van der Waals surface area contributed by atoms with Crippen LogP contribution >= 0.6 is 35.0 Å². The second kappa shape index (κ2) is 10.5. The first kappa shape index (κ1) is 22.2. The SMILES string of the molecule is CCc1nc2c(-c3ccc(Cl)cc3Cl)nccn2c1N(CCCF)CCCSC. The van der Waals surface area contributed by atoms with Crippen LogP contribution in [0.3, 0.4) is 0 Å². The average Bonchev–Trinajstić information content (AvgIpc) is 3.09. The topological polar surface area (TPSA) is 33.4 Å². The third kappa shape index (κ3) is 4.98. The first-order chi connectivity index (χ1) is 14.1. The molecule has 156 valence electrons. The van der Waals surface area contributed by atoms with E-state index in [9.17, 15) is 4.39 Å². The molecule has 8 heteroatoms.